The summed E-state index contributed by atoms with van der Waals surface area (Å²) >= 11 is 0. The highest BCUT2D eigenvalue weighted by atomic mass is 16.3. The van der Waals surface area contributed by atoms with Crippen LogP contribution in [0.4, 0.5) is 5.69 Å². The van der Waals surface area contributed by atoms with Crippen LogP contribution in [0, 0.1) is 20.8 Å². The average Bonchev–Trinajstić information content (AvgIpc) is 2.79. The van der Waals surface area contributed by atoms with Gasteiger partial charge < -0.3 is 10.2 Å². The molecule has 0 atom stereocenters. The second-order valence-electron chi connectivity index (χ2n) is 4.98. The fourth-order valence-corrected chi connectivity index (χ4v) is 2.36. The molecule has 0 saturated heterocycles. The number of nitrogens with zero attached hydrogens (tertiary/aromatic N) is 1. The predicted octanol–water partition coefficient (Wildman–Crippen LogP) is 4.00. The van der Waals surface area contributed by atoms with Gasteiger partial charge in [0.1, 0.15) is 5.52 Å². The summed E-state index contributed by atoms with van der Waals surface area (Å²) in [4.78, 5) is 4.58. The zero-order chi connectivity index (χ0) is 13.6. The monoisotopic (exact) mass is 252 g/mol. The Kier molecular flexibility index (Phi) is 2.56. The third-order valence-electron chi connectivity index (χ3n) is 3.38. The van der Waals surface area contributed by atoms with Gasteiger partial charge in [0.2, 0.25) is 5.89 Å². The lowest BCUT2D eigenvalue weighted by Crippen LogP contribution is -1.95. The first-order chi connectivity index (χ1) is 9.06. The van der Waals surface area contributed by atoms with Crippen LogP contribution in [0.1, 0.15) is 16.7 Å². The van der Waals surface area contributed by atoms with Crippen LogP contribution >= 0.6 is 0 Å². The molecule has 3 rings (SSSR count). The van der Waals surface area contributed by atoms with E-state index < -0.39 is 0 Å². The van der Waals surface area contributed by atoms with Crippen molar-refractivity contribution >= 4 is 16.8 Å². The van der Waals surface area contributed by atoms with Crippen LogP contribution in [0.25, 0.3) is 22.6 Å². The first-order valence-electron chi connectivity index (χ1n) is 6.29. The van der Waals surface area contributed by atoms with Gasteiger partial charge >= 0.3 is 0 Å². The van der Waals surface area contributed by atoms with Gasteiger partial charge in [-0.3, -0.25) is 0 Å². The van der Waals surface area contributed by atoms with Crippen molar-refractivity contribution in [2.75, 3.05) is 5.73 Å². The van der Waals surface area contributed by atoms with Crippen LogP contribution in [-0.2, 0) is 0 Å². The van der Waals surface area contributed by atoms with Crippen LogP contribution in [0.2, 0.25) is 0 Å². The van der Waals surface area contributed by atoms with Gasteiger partial charge in [0.15, 0.2) is 5.58 Å². The molecule has 0 fully saturated rings. The van der Waals surface area contributed by atoms with Crippen molar-refractivity contribution in [2.24, 2.45) is 0 Å². The topological polar surface area (TPSA) is 52.0 Å². The van der Waals surface area contributed by atoms with E-state index in [9.17, 15) is 0 Å². The number of para-hydroxylation sites is 1. The fraction of sp³-hybridized carbons (Fsp3) is 0.188. The maximum atomic E-state index is 6.14. The van der Waals surface area contributed by atoms with Crippen LogP contribution in [-0.4, -0.2) is 4.98 Å². The number of aromatic nitrogens is 1. The van der Waals surface area contributed by atoms with E-state index in [1.165, 1.54) is 0 Å². The molecule has 3 aromatic rings. The largest absolute Gasteiger partial charge is 0.436 e. The van der Waals surface area contributed by atoms with Gasteiger partial charge in [0.25, 0.3) is 0 Å². The number of oxazole rings is 1. The predicted molar refractivity (Wildman–Crippen MR) is 78.1 cm³/mol. The minimum absolute atomic E-state index is 0.591. The molecule has 2 aromatic carbocycles. The molecule has 3 heteroatoms. The molecule has 3 nitrogen and oxygen atoms in total. The second kappa shape index (κ2) is 4.12. The van der Waals surface area contributed by atoms with Gasteiger partial charge in [-0.25, -0.2) is 4.98 Å². The minimum atomic E-state index is 0.591. The number of nitrogen functional groups attached to an aromatic ring is 1. The molecular formula is C16H16N2O. The van der Waals surface area contributed by atoms with E-state index in [2.05, 4.69) is 11.1 Å². The van der Waals surface area contributed by atoms with Crippen molar-refractivity contribution in [3.05, 3.63) is 47.0 Å². The van der Waals surface area contributed by atoms with Gasteiger partial charge in [-0.05, 0) is 49.6 Å². The molecule has 0 radical (unpaired) electrons. The molecule has 96 valence electrons. The molecule has 0 unspecified atom stereocenters. The normalized spacial score (nSPS) is 11.1. The Morgan fingerprint density at radius 2 is 1.84 bits per heavy atom. The quantitative estimate of drug-likeness (QED) is 0.666. The van der Waals surface area contributed by atoms with Crippen molar-refractivity contribution < 1.29 is 4.42 Å². The molecule has 0 amide bonds. The minimum Gasteiger partial charge on any atom is -0.436 e. The second-order valence-corrected chi connectivity index (χ2v) is 4.98. The smallest absolute Gasteiger partial charge is 0.229 e. The van der Waals surface area contributed by atoms with Gasteiger partial charge in [-0.15, -0.1) is 0 Å². The lowest BCUT2D eigenvalue weighted by Gasteiger charge is -2.06. The first kappa shape index (κ1) is 11.8. The van der Waals surface area contributed by atoms with Crippen molar-refractivity contribution in [3.63, 3.8) is 0 Å². The lowest BCUT2D eigenvalue weighted by atomic mass is 10.0. The zero-order valence-corrected chi connectivity index (χ0v) is 11.3. The molecule has 1 aromatic heterocycles. The maximum absolute atomic E-state index is 6.14. The molecule has 0 aliphatic heterocycles. The molecule has 0 aliphatic rings. The summed E-state index contributed by atoms with van der Waals surface area (Å²) in [5.41, 5.74) is 12.8. The summed E-state index contributed by atoms with van der Waals surface area (Å²) in [6.07, 6.45) is 0. The average molecular weight is 252 g/mol. The van der Waals surface area contributed by atoms with E-state index in [0.29, 0.717) is 5.89 Å². The first-order valence-corrected chi connectivity index (χ1v) is 6.29. The summed E-state index contributed by atoms with van der Waals surface area (Å²) in [5.74, 6) is 0.591. The standard InChI is InChI=1S/C16H16N2O/c1-9-7-11(3)14(17)12(8-9)16-18-15-10(2)5-4-6-13(15)19-16/h4-8H,17H2,1-3H3. The Balaban J connectivity index is 2.28. The Hall–Kier alpha value is -2.29. The van der Waals surface area contributed by atoms with Crippen molar-refractivity contribution in [2.45, 2.75) is 20.8 Å². The molecule has 1 heterocycles. The summed E-state index contributed by atoms with van der Waals surface area (Å²) in [7, 11) is 0. The van der Waals surface area contributed by atoms with E-state index in [1.807, 2.05) is 45.0 Å². The molecule has 19 heavy (non-hydrogen) atoms. The number of nitrogens with two attached hydrogens (primary N) is 1. The number of hydrogen-bond donors (Lipinski definition) is 1. The van der Waals surface area contributed by atoms with Crippen LogP contribution in [0.15, 0.2) is 34.7 Å². The number of hydrogen-bond acceptors (Lipinski definition) is 3. The number of benzene rings is 2. The Morgan fingerprint density at radius 1 is 1.05 bits per heavy atom. The number of fused-ring (bicyclic) bond motifs is 1. The van der Waals surface area contributed by atoms with E-state index in [4.69, 9.17) is 10.2 Å². The van der Waals surface area contributed by atoms with Crippen LogP contribution < -0.4 is 5.73 Å². The fourth-order valence-electron chi connectivity index (χ4n) is 2.36. The Labute approximate surface area is 112 Å². The van der Waals surface area contributed by atoms with Crippen molar-refractivity contribution in [1.29, 1.82) is 0 Å². The third-order valence-corrected chi connectivity index (χ3v) is 3.38. The van der Waals surface area contributed by atoms with Gasteiger partial charge in [0.05, 0.1) is 5.56 Å². The Morgan fingerprint density at radius 3 is 2.58 bits per heavy atom. The van der Waals surface area contributed by atoms with Gasteiger partial charge in [0, 0.05) is 5.69 Å². The SMILES string of the molecule is Cc1cc(C)c(N)c(-c2nc3c(C)cccc3o2)c1. The highest BCUT2D eigenvalue weighted by molar-refractivity contribution is 5.82. The molecule has 0 saturated carbocycles. The summed E-state index contributed by atoms with van der Waals surface area (Å²) in [5, 5.41) is 0. The maximum Gasteiger partial charge on any atom is 0.229 e. The summed E-state index contributed by atoms with van der Waals surface area (Å²) < 4.78 is 5.83. The molecule has 2 N–H and O–H groups in total. The number of aryl methyl sites for hydroxylation is 3. The van der Waals surface area contributed by atoms with Crippen LogP contribution in [0.5, 0.6) is 0 Å². The third kappa shape index (κ3) is 1.87. The van der Waals surface area contributed by atoms with E-state index in [-0.39, 0.29) is 0 Å². The molecular weight excluding hydrogens is 236 g/mol. The summed E-state index contributed by atoms with van der Waals surface area (Å²) in [6.45, 7) is 6.07. The highest BCUT2D eigenvalue weighted by Gasteiger charge is 2.13. The van der Waals surface area contributed by atoms with Crippen molar-refractivity contribution in [3.8, 4) is 11.5 Å². The lowest BCUT2D eigenvalue weighted by molar-refractivity contribution is 0.620. The van der Waals surface area contributed by atoms with E-state index in [1.54, 1.807) is 0 Å². The highest BCUT2D eigenvalue weighted by Crippen LogP contribution is 2.32. The zero-order valence-electron chi connectivity index (χ0n) is 11.3. The van der Waals surface area contributed by atoms with Gasteiger partial charge in [-0.1, -0.05) is 18.2 Å². The molecule has 0 bridgehead atoms. The molecule has 0 spiro atoms. The number of rotatable bonds is 1. The number of anilines is 1. The Bertz CT molecular complexity index is 772. The van der Waals surface area contributed by atoms with Crippen molar-refractivity contribution in [1.82, 2.24) is 4.98 Å². The van der Waals surface area contributed by atoms with Crippen LogP contribution in [0.3, 0.4) is 0 Å². The summed E-state index contributed by atoms with van der Waals surface area (Å²) in [6, 6.07) is 10.0. The van der Waals surface area contributed by atoms with E-state index >= 15 is 0 Å². The van der Waals surface area contributed by atoms with E-state index in [0.717, 1.165) is 39.0 Å². The molecule has 0 aliphatic carbocycles. The van der Waals surface area contributed by atoms with Gasteiger partial charge in [-0.2, -0.15) is 0 Å².